The zero-order valence-electron chi connectivity index (χ0n) is 14.1. The molecule has 0 aliphatic heterocycles. The highest BCUT2D eigenvalue weighted by Crippen LogP contribution is 2.20. The number of benzene rings is 2. The second-order valence-electron chi connectivity index (χ2n) is 5.44. The fourth-order valence-electron chi connectivity index (χ4n) is 2.58. The maximum absolute atomic E-state index is 12.5. The topological polar surface area (TPSA) is 70.4 Å². The van der Waals surface area contributed by atoms with Gasteiger partial charge in [0.15, 0.2) is 5.69 Å². The summed E-state index contributed by atoms with van der Waals surface area (Å²) in [6.07, 6.45) is 0. The van der Waals surface area contributed by atoms with E-state index in [-0.39, 0.29) is 17.9 Å². The lowest BCUT2D eigenvalue weighted by Crippen LogP contribution is -2.23. The molecule has 6 nitrogen and oxygen atoms in total. The molecule has 0 N–H and O–H groups in total. The van der Waals surface area contributed by atoms with Crippen LogP contribution in [0.25, 0.3) is 10.8 Å². The first kappa shape index (κ1) is 16.7. The van der Waals surface area contributed by atoms with E-state index in [4.69, 9.17) is 9.47 Å². The third-order valence-corrected chi connectivity index (χ3v) is 3.78. The molecule has 0 spiro atoms. The Morgan fingerprint density at radius 2 is 1.76 bits per heavy atom. The summed E-state index contributed by atoms with van der Waals surface area (Å²) in [6.45, 7) is 2.48. The molecule has 0 unspecified atom stereocenters. The van der Waals surface area contributed by atoms with E-state index in [0.717, 1.165) is 10.2 Å². The summed E-state index contributed by atoms with van der Waals surface area (Å²) in [6, 6.07) is 14.2. The Labute approximate surface area is 144 Å². The quantitative estimate of drug-likeness (QED) is 0.669. The number of ether oxygens (including phenoxy) is 2. The van der Waals surface area contributed by atoms with Gasteiger partial charge in [0.05, 0.1) is 12.0 Å². The number of hydrogen-bond donors (Lipinski definition) is 0. The summed E-state index contributed by atoms with van der Waals surface area (Å²) in [5.74, 6) is 0.0918. The fraction of sp³-hybridized carbons (Fsp3) is 0.211. The van der Waals surface area contributed by atoms with Crippen LogP contribution in [-0.2, 0) is 18.4 Å². The van der Waals surface area contributed by atoms with Gasteiger partial charge in [0, 0.05) is 18.0 Å². The number of nitrogens with zero attached hydrogens (tertiary/aromatic N) is 2. The van der Waals surface area contributed by atoms with Crippen LogP contribution < -0.4 is 10.3 Å². The van der Waals surface area contributed by atoms with Crippen molar-refractivity contribution in [3.05, 3.63) is 70.1 Å². The van der Waals surface area contributed by atoms with Crippen molar-refractivity contribution in [2.24, 2.45) is 7.05 Å². The minimum Gasteiger partial charge on any atom is -0.493 e. The van der Waals surface area contributed by atoms with Gasteiger partial charge in [-0.25, -0.2) is 9.48 Å². The highest BCUT2D eigenvalue weighted by molar-refractivity contribution is 6.02. The van der Waals surface area contributed by atoms with Gasteiger partial charge in [0.25, 0.3) is 5.56 Å². The SMILES string of the molecule is CCOc1ccccc1COC(=O)c1nn(C)c(=O)c2ccccc12. The Kier molecular flexibility index (Phi) is 4.79. The van der Waals surface area contributed by atoms with Crippen LogP contribution in [0.2, 0.25) is 0 Å². The molecule has 0 saturated heterocycles. The zero-order chi connectivity index (χ0) is 17.8. The van der Waals surface area contributed by atoms with Crippen molar-refractivity contribution in [1.82, 2.24) is 9.78 Å². The van der Waals surface area contributed by atoms with Crippen LogP contribution in [0, 0.1) is 0 Å². The molecule has 0 atom stereocenters. The second kappa shape index (κ2) is 7.17. The van der Waals surface area contributed by atoms with E-state index in [1.165, 1.54) is 7.05 Å². The maximum Gasteiger partial charge on any atom is 0.359 e. The molecule has 0 fully saturated rings. The molecular weight excluding hydrogens is 320 g/mol. The molecule has 25 heavy (non-hydrogen) atoms. The lowest BCUT2D eigenvalue weighted by Gasteiger charge is -2.11. The van der Waals surface area contributed by atoms with Crippen LogP contribution in [0.15, 0.2) is 53.3 Å². The van der Waals surface area contributed by atoms with Crippen LogP contribution in [-0.4, -0.2) is 22.4 Å². The number of rotatable bonds is 5. The van der Waals surface area contributed by atoms with Crippen molar-refractivity contribution in [3.8, 4) is 5.75 Å². The summed E-state index contributed by atoms with van der Waals surface area (Å²) in [7, 11) is 1.51. The van der Waals surface area contributed by atoms with Gasteiger partial charge in [-0.3, -0.25) is 4.79 Å². The van der Waals surface area contributed by atoms with Crippen LogP contribution >= 0.6 is 0 Å². The molecule has 3 aromatic rings. The van der Waals surface area contributed by atoms with Gasteiger partial charge >= 0.3 is 5.97 Å². The van der Waals surface area contributed by atoms with Crippen molar-refractivity contribution < 1.29 is 14.3 Å². The number of carbonyl (C=O) groups is 1. The van der Waals surface area contributed by atoms with E-state index in [0.29, 0.717) is 23.1 Å². The molecule has 0 saturated carbocycles. The Hall–Kier alpha value is -3.15. The van der Waals surface area contributed by atoms with E-state index in [1.54, 1.807) is 24.3 Å². The molecular formula is C19H18N2O4. The van der Waals surface area contributed by atoms with Gasteiger partial charge in [0.2, 0.25) is 0 Å². The Bertz CT molecular complexity index is 979. The summed E-state index contributed by atoms with van der Waals surface area (Å²) >= 11 is 0. The number of carbonyl (C=O) groups excluding carboxylic acids is 1. The van der Waals surface area contributed by atoms with E-state index in [2.05, 4.69) is 5.10 Å². The van der Waals surface area contributed by atoms with Crippen molar-refractivity contribution in [2.45, 2.75) is 13.5 Å². The van der Waals surface area contributed by atoms with E-state index < -0.39 is 5.97 Å². The summed E-state index contributed by atoms with van der Waals surface area (Å²) in [5, 5.41) is 4.98. The fourth-order valence-corrected chi connectivity index (χ4v) is 2.58. The molecule has 0 bridgehead atoms. The third kappa shape index (κ3) is 3.38. The maximum atomic E-state index is 12.5. The largest absolute Gasteiger partial charge is 0.493 e. The first-order chi connectivity index (χ1) is 12.1. The Balaban J connectivity index is 1.89. The lowest BCUT2D eigenvalue weighted by molar-refractivity contribution is 0.0462. The average Bonchev–Trinajstić information content (AvgIpc) is 2.64. The Morgan fingerprint density at radius 1 is 1.08 bits per heavy atom. The predicted octanol–water partition coefficient (Wildman–Crippen LogP) is 2.69. The van der Waals surface area contributed by atoms with Crippen molar-refractivity contribution in [1.29, 1.82) is 0 Å². The molecule has 6 heteroatoms. The minimum atomic E-state index is -0.585. The van der Waals surface area contributed by atoms with Gasteiger partial charge in [-0.15, -0.1) is 0 Å². The molecule has 128 valence electrons. The van der Waals surface area contributed by atoms with Crippen LogP contribution in [0.3, 0.4) is 0 Å². The van der Waals surface area contributed by atoms with Crippen LogP contribution in [0.4, 0.5) is 0 Å². The number of fused-ring (bicyclic) bond motifs is 1. The van der Waals surface area contributed by atoms with Gasteiger partial charge < -0.3 is 9.47 Å². The first-order valence-corrected chi connectivity index (χ1v) is 7.95. The van der Waals surface area contributed by atoms with E-state index in [9.17, 15) is 9.59 Å². The molecule has 0 amide bonds. The Morgan fingerprint density at radius 3 is 2.52 bits per heavy atom. The smallest absolute Gasteiger partial charge is 0.359 e. The average molecular weight is 338 g/mol. The van der Waals surface area contributed by atoms with Gasteiger partial charge in [0.1, 0.15) is 12.4 Å². The first-order valence-electron chi connectivity index (χ1n) is 7.95. The van der Waals surface area contributed by atoms with E-state index >= 15 is 0 Å². The zero-order valence-corrected chi connectivity index (χ0v) is 14.1. The van der Waals surface area contributed by atoms with E-state index in [1.807, 2.05) is 31.2 Å². The van der Waals surface area contributed by atoms with Crippen LogP contribution in [0.1, 0.15) is 23.0 Å². The summed E-state index contributed by atoms with van der Waals surface area (Å²) in [4.78, 5) is 24.7. The minimum absolute atomic E-state index is 0.0633. The normalized spacial score (nSPS) is 10.6. The van der Waals surface area contributed by atoms with Crippen molar-refractivity contribution in [3.63, 3.8) is 0 Å². The number of hydrogen-bond acceptors (Lipinski definition) is 5. The summed E-state index contributed by atoms with van der Waals surface area (Å²) < 4.78 is 12.1. The monoisotopic (exact) mass is 338 g/mol. The predicted molar refractivity (Wildman–Crippen MR) is 93.7 cm³/mol. The van der Waals surface area contributed by atoms with Crippen molar-refractivity contribution >= 4 is 16.7 Å². The number of aromatic nitrogens is 2. The molecule has 0 aliphatic rings. The van der Waals surface area contributed by atoms with Gasteiger partial charge in [-0.2, -0.15) is 5.10 Å². The molecule has 2 aromatic carbocycles. The standard InChI is InChI=1S/C19H18N2O4/c1-3-24-16-11-7-4-8-13(16)12-25-19(23)17-14-9-5-6-10-15(14)18(22)21(2)20-17/h4-11H,3,12H2,1-2H3. The highest BCUT2D eigenvalue weighted by Gasteiger charge is 2.17. The van der Waals surface area contributed by atoms with Gasteiger partial charge in [-0.1, -0.05) is 36.4 Å². The molecule has 3 rings (SSSR count). The summed E-state index contributed by atoms with van der Waals surface area (Å²) in [5.41, 5.74) is 0.632. The third-order valence-electron chi connectivity index (χ3n) is 3.78. The van der Waals surface area contributed by atoms with Gasteiger partial charge in [-0.05, 0) is 19.1 Å². The highest BCUT2D eigenvalue weighted by atomic mass is 16.5. The number of aryl methyl sites for hydroxylation is 1. The second-order valence-corrected chi connectivity index (χ2v) is 5.44. The van der Waals surface area contributed by atoms with Crippen molar-refractivity contribution in [2.75, 3.05) is 6.61 Å². The molecule has 1 heterocycles. The lowest BCUT2D eigenvalue weighted by atomic mass is 10.1. The molecule has 0 aliphatic carbocycles. The number of esters is 1. The molecule has 1 aromatic heterocycles. The number of para-hydroxylation sites is 1. The van der Waals surface area contributed by atoms with Crippen LogP contribution in [0.5, 0.6) is 5.75 Å². The molecule has 0 radical (unpaired) electrons.